The lowest BCUT2D eigenvalue weighted by molar-refractivity contribution is -0.120. The van der Waals surface area contributed by atoms with Gasteiger partial charge in [0.15, 0.2) is 0 Å². The van der Waals surface area contributed by atoms with Crippen LogP contribution >= 0.6 is 23.2 Å². The number of halogens is 2. The van der Waals surface area contributed by atoms with Crippen molar-refractivity contribution in [1.82, 2.24) is 25.0 Å². The van der Waals surface area contributed by atoms with Crippen LogP contribution in [0.2, 0.25) is 10.0 Å². The van der Waals surface area contributed by atoms with E-state index in [-0.39, 0.29) is 39.8 Å². The lowest BCUT2D eigenvalue weighted by atomic mass is 9.99. The van der Waals surface area contributed by atoms with Crippen molar-refractivity contribution in [2.45, 2.75) is 32.9 Å². The fourth-order valence-electron chi connectivity index (χ4n) is 5.16. The van der Waals surface area contributed by atoms with Crippen LogP contribution in [-0.4, -0.2) is 70.5 Å². The Bertz CT molecular complexity index is 1760. The normalized spacial score (nSPS) is 14.0. The van der Waals surface area contributed by atoms with Crippen molar-refractivity contribution < 1.29 is 14.3 Å². The van der Waals surface area contributed by atoms with E-state index in [1.54, 1.807) is 6.92 Å². The molecule has 3 amide bonds. The van der Waals surface area contributed by atoms with Crippen LogP contribution in [0.15, 0.2) is 71.8 Å². The molecule has 0 saturated carbocycles. The number of aromatic nitrogens is 3. The first-order valence-corrected chi connectivity index (χ1v) is 15.7. The molecule has 13 heteroatoms. The molecule has 1 unspecified atom stereocenters. The molecule has 1 atom stereocenters. The number of morpholine rings is 1. The van der Waals surface area contributed by atoms with Crippen LogP contribution in [0.25, 0.3) is 22.4 Å². The van der Waals surface area contributed by atoms with E-state index in [9.17, 15) is 14.4 Å². The minimum Gasteiger partial charge on any atom is -0.379 e. The molecule has 0 radical (unpaired) electrons. The van der Waals surface area contributed by atoms with Crippen molar-refractivity contribution in [3.8, 4) is 22.4 Å². The molecule has 1 aliphatic heterocycles. The Balaban J connectivity index is 1.30. The molecule has 3 heterocycles. The summed E-state index contributed by atoms with van der Waals surface area (Å²) in [4.78, 5) is 44.8. The van der Waals surface area contributed by atoms with Gasteiger partial charge in [0.2, 0.25) is 5.91 Å². The number of nitrogens with zero attached hydrogens (tertiary/aromatic N) is 4. The Morgan fingerprint density at radius 1 is 0.957 bits per heavy atom. The van der Waals surface area contributed by atoms with Gasteiger partial charge in [0.25, 0.3) is 5.56 Å². The largest absolute Gasteiger partial charge is 0.379 e. The van der Waals surface area contributed by atoms with Gasteiger partial charge < -0.3 is 20.7 Å². The third-order valence-electron chi connectivity index (χ3n) is 7.66. The van der Waals surface area contributed by atoms with Crippen LogP contribution in [0, 0.1) is 0 Å². The molecular weight excluding hydrogens is 629 g/mol. The van der Waals surface area contributed by atoms with Crippen LogP contribution in [0.1, 0.15) is 19.4 Å². The van der Waals surface area contributed by atoms with Crippen molar-refractivity contribution in [1.29, 1.82) is 0 Å². The van der Waals surface area contributed by atoms with Crippen LogP contribution in [0.5, 0.6) is 0 Å². The number of carbonyl (C=O) groups excluding carboxylic acids is 2. The molecule has 4 aromatic rings. The maximum atomic E-state index is 13.0. The monoisotopic (exact) mass is 663 g/mol. The first kappa shape index (κ1) is 33.1. The van der Waals surface area contributed by atoms with Gasteiger partial charge in [0, 0.05) is 50.2 Å². The van der Waals surface area contributed by atoms with Crippen molar-refractivity contribution in [3.05, 3.63) is 93.0 Å². The highest BCUT2D eigenvalue weighted by Crippen LogP contribution is 2.29. The molecule has 3 N–H and O–H groups in total. The van der Waals surface area contributed by atoms with Crippen LogP contribution in [0.3, 0.4) is 0 Å². The first-order valence-electron chi connectivity index (χ1n) is 15.0. The zero-order valence-corrected chi connectivity index (χ0v) is 27.1. The SMILES string of the molecule is CCn1nc(-c2cccc(-c3cccc(CC(=O)NCC(C)N4CCOCC4)c3)c2)cc(NC(=O)Nc2c(Cl)cncc2Cl)c1=O. The standard InChI is InChI=1S/C33H35Cl2N7O4/c1-3-42-32(44)29(38-33(45)39-31-26(34)19-36-20-27(31)35)17-28(40-42)25-9-5-8-24(16-25)23-7-4-6-22(14-23)15-30(43)37-18-21(2)41-10-12-46-13-11-41/h4-9,14,16-17,19-21H,3,10-13,15,18H2,1-2H3,(H,37,43)(H2,36,38,39,45). The average molecular weight is 665 g/mol. The smallest absolute Gasteiger partial charge is 0.323 e. The number of hydrogen-bond donors (Lipinski definition) is 3. The summed E-state index contributed by atoms with van der Waals surface area (Å²) in [5.74, 6) is -0.0328. The quantitative estimate of drug-likeness (QED) is 0.209. The summed E-state index contributed by atoms with van der Waals surface area (Å²) < 4.78 is 6.70. The number of ether oxygens (including phenoxy) is 1. The van der Waals surface area contributed by atoms with Crippen molar-refractivity contribution >= 4 is 46.5 Å². The number of rotatable bonds is 10. The second kappa shape index (κ2) is 15.3. The van der Waals surface area contributed by atoms with Gasteiger partial charge in [-0.15, -0.1) is 0 Å². The van der Waals surface area contributed by atoms with Crippen molar-refractivity contribution in [2.24, 2.45) is 0 Å². The Hall–Kier alpha value is -4.29. The van der Waals surface area contributed by atoms with Gasteiger partial charge in [-0.05, 0) is 42.7 Å². The minimum absolute atomic E-state index is 0.0328. The van der Waals surface area contributed by atoms with Crippen molar-refractivity contribution in [3.63, 3.8) is 0 Å². The predicted molar refractivity (Wildman–Crippen MR) is 181 cm³/mol. The van der Waals surface area contributed by atoms with Crippen LogP contribution in [-0.2, 0) is 22.5 Å². The molecule has 2 aromatic heterocycles. The predicted octanol–water partition coefficient (Wildman–Crippen LogP) is 5.32. The molecular formula is C33H35Cl2N7O4. The van der Waals surface area contributed by atoms with E-state index in [1.165, 1.54) is 23.1 Å². The summed E-state index contributed by atoms with van der Waals surface area (Å²) in [6, 6.07) is 16.6. The molecule has 46 heavy (non-hydrogen) atoms. The van der Waals surface area contributed by atoms with Gasteiger partial charge in [-0.2, -0.15) is 5.10 Å². The van der Waals surface area contributed by atoms with Crippen LogP contribution in [0.4, 0.5) is 16.2 Å². The second-order valence-corrected chi connectivity index (χ2v) is 11.7. The number of hydrogen-bond acceptors (Lipinski definition) is 7. The minimum atomic E-state index is -0.697. The topological polar surface area (TPSA) is 130 Å². The van der Waals surface area contributed by atoms with Gasteiger partial charge in [0.05, 0.1) is 41.1 Å². The molecule has 5 rings (SSSR count). The summed E-state index contributed by atoms with van der Waals surface area (Å²) in [5.41, 5.74) is 3.71. The van der Waals surface area contributed by atoms with E-state index >= 15 is 0 Å². The van der Waals surface area contributed by atoms with Gasteiger partial charge in [-0.25, -0.2) is 9.48 Å². The number of amides is 3. The number of aryl methyl sites for hydroxylation is 1. The molecule has 0 bridgehead atoms. The van der Waals surface area contributed by atoms with Gasteiger partial charge in [0.1, 0.15) is 5.69 Å². The maximum Gasteiger partial charge on any atom is 0.323 e. The molecule has 0 spiro atoms. The zero-order chi connectivity index (χ0) is 32.6. The van der Waals surface area contributed by atoms with Crippen molar-refractivity contribution in [2.75, 3.05) is 43.5 Å². The highest BCUT2D eigenvalue weighted by atomic mass is 35.5. The number of urea groups is 1. The second-order valence-electron chi connectivity index (χ2n) is 10.9. The third-order valence-corrected chi connectivity index (χ3v) is 8.23. The average Bonchev–Trinajstić information content (AvgIpc) is 3.07. The van der Waals surface area contributed by atoms with Gasteiger partial charge >= 0.3 is 6.03 Å². The summed E-state index contributed by atoms with van der Waals surface area (Å²) in [6.07, 6.45) is 2.96. The maximum absolute atomic E-state index is 13.0. The highest BCUT2D eigenvalue weighted by molar-refractivity contribution is 6.39. The van der Waals surface area contributed by atoms with E-state index in [4.69, 9.17) is 27.9 Å². The van der Waals surface area contributed by atoms with E-state index in [1.807, 2.05) is 48.5 Å². The Morgan fingerprint density at radius 3 is 2.35 bits per heavy atom. The molecule has 1 aliphatic rings. The lowest BCUT2D eigenvalue weighted by Gasteiger charge is -2.32. The van der Waals surface area contributed by atoms with E-state index in [0.717, 1.165) is 48.6 Å². The summed E-state index contributed by atoms with van der Waals surface area (Å²) >= 11 is 12.2. The van der Waals surface area contributed by atoms with Gasteiger partial charge in [-0.3, -0.25) is 19.5 Å². The first-order chi connectivity index (χ1) is 22.2. The number of benzene rings is 2. The van der Waals surface area contributed by atoms with Gasteiger partial charge in [-0.1, -0.05) is 65.7 Å². The van der Waals surface area contributed by atoms with E-state index < -0.39 is 11.6 Å². The number of carbonyl (C=O) groups is 2. The fourth-order valence-corrected chi connectivity index (χ4v) is 5.62. The summed E-state index contributed by atoms with van der Waals surface area (Å²) in [7, 11) is 0. The number of anilines is 2. The molecule has 1 saturated heterocycles. The zero-order valence-electron chi connectivity index (χ0n) is 25.6. The highest BCUT2D eigenvalue weighted by Gasteiger charge is 2.18. The van der Waals surface area contributed by atoms with Crippen LogP contribution < -0.4 is 21.5 Å². The summed E-state index contributed by atoms with van der Waals surface area (Å²) in [5, 5.41) is 13.1. The molecule has 0 aliphatic carbocycles. The Morgan fingerprint density at radius 2 is 1.63 bits per heavy atom. The molecule has 1 fully saturated rings. The third kappa shape index (κ3) is 8.29. The number of nitrogens with one attached hydrogen (secondary N) is 3. The fraction of sp³-hybridized carbons (Fsp3) is 0.303. The number of pyridine rings is 1. The molecule has 11 nitrogen and oxygen atoms in total. The lowest BCUT2D eigenvalue weighted by Crippen LogP contribution is -2.47. The summed E-state index contributed by atoms with van der Waals surface area (Å²) in [6.45, 7) is 7.96. The molecule has 2 aromatic carbocycles. The Labute approximate surface area is 276 Å². The Kier molecular flexibility index (Phi) is 11.0. The van der Waals surface area contributed by atoms with E-state index in [2.05, 4.69) is 37.9 Å². The van der Waals surface area contributed by atoms with E-state index in [0.29, 0.717) is 18.8 Å². The molecule has 240 valence electrons.